The van der Waals surface area contributed by atoms with E-state index in [2.05, 4.69) is 22.8 Å². The largest absolute Gasteiger partial charge is 0.394 e. The quantitative estimate of drug-likeness (QED) is 0.603. The molecule has 0 bridgehead atoms. The molecule has 0 aliphatic heterocycles. The molecule has 1 heterocycles. The van der Waals surface area contributed by atoms with E-state index in [-0.39, 0.29) is 6.61 Å². The molecule has 0 radical (unpaired) electrons. The van der Waals surface area contributed by atoms with Crippen LogP contribution in [0.4, 0.5) is 0 Å². The minimum atomic E-state index is 0.116. The summed E-state index contributed by atoms with van der Waals surface area (Å²) >= 11 is 1.78. The summed E-state index contributed by atoms with van der Waals surface area (Å²) in [5.41, 5.74) is 0. The van der Waals surface area contributed by atoms with E-state index in [0.29, 0.717) is 13.2 Å². The summed E-state index contributed by atoms with van der Waals surface area (Å²) in [4.78, 5) is 1.39. The van der Waals surface area contributed by atoms with Gasteiger partial charge in [0.05, 0.1) is 31.2 Å². The van der Waals surface area contributed by atoms with Gasteiger partial charge >= 0.3 is 0 Å². The van der Waals surface area contributed by atoms with Crippen LogP contribution in [0.15, 0.2) is 17.5 Å². The molecule has 3 N–H and O–H groups in total. The summed E-state index contributed by atoms with van der Waals surface area (Å²) < 4.78 is 5.12. The van der Waals surface area contributed by atoms with Crippen LogP contribution in [0.2, 0.25) is 0 Å². The molecule has 0 unspecified atom stereocenters. The van der Waals surface area contributed by atoms with E-state index in [1.165, 1.54) is 4.88 Å². The zero-order chi connectivity index (χ0) is 9.36. The standard InChI is InChI=1S/C9H15NO2S/c11-4-6-12-5-3-10-8-9-2-1-7-13-9/h1-2,7,10-11H,3-6,8H2/p+1. The molecule has 0 saturated heterocycles. The maximum atomic E-state index is 8.44. The van der Waals surface area contributed by atoms with Crippen molar-refractivity contribution in [2.45, 2.75) is 6.54 Å². The highest BCUT2D eigenvalue weighted by molar-refractivity contribution is 7.09. The van der Waals surface area contributed by atoms with Crippen molar-refractivity contribution in [3.63, 3.8) is 0 Å². The molecular weight excluding hydrogens is 186 g/mol. The van der Waals surface area contributed by atoms with Crippen LogP contribution >= 0.6 is 11.3 Å². The van der Waals surface area contributed by atoms with Gasteiger partial charge in [-0.1, -0.05) is 6.07 Å². The maximum absolute atomic E-state index is 8.44. The SMILES string of the molecule is OCCOCC[NH2+]Cc1cccs1. The van der Waals surface area contributed by atoms with Crippen molar-refractivity contribution < 1.29 is 15.2 Å². The van der Waals surface area contributed by atoms with Gasteiger partial charge in [-0.15, -0.1) is 11.3 Å². The van der Waals surface area contributed by atoms with Crippen LogP contribution in [0, 0.1) is 0 Å². The van der Waals surface area contributed by atoms with Crippen molar-refractivity contribution in [3.8, 4) is 0 Å². The van der Waals surface area contributed by atoms with Gasteiger partial charge in [0, 0.05) is 0 Å². The molecule has 74 valence electrons. The Morgan fingerprint density at radius 3 is 3.08 bits per heavy atom. The molecule has 0 amide bonds. The minimum absolute atomic E-state index is 0.116. The van der Waals surface area contributed by atoms with Crippen molar-refractivity contribution in [1.29, 1.82) is 0 Å². The van der Waals surface area contributed by atoms with Crippen molar-refractivity contribution in [2.75, 3.05) is 26.4 Å². The smallest absolute Gasteiger partial charge is 0.111 e. The Morgan fingerprint density at radius 1 is 1.46 bits per heavy atom. The molecule has 13 heavy (non-hydrogen) atoms. The van der Waals surface area contributed by atoms with Gasteiger partial charge in [0.15, 0.2) is 0 Å². The fourth-order valence-corrected chi connectivity index (χ4v) is 1.71. The molecular formula is C9H16NO2S+. The Kier molecular flexibility index (Phi) is 5.76. The summed E-state index contributed by atoms with van der Waals surface area (Å²) in [6, 6.07) is 4.20. The first-order valence-electron chi connectivity index (χ1n) is 4.46. The van der Waals surface area contributed by atoms with E-state index in [1.54, 1.807) is 11.3 Å². The van der Waals surface area contributed by atoms with Crippen molar-refractivity contribution in [1.82, 2.24) is 0 Å². The van der Waals surface area contributed by atoms with E-state index in [1.807, 2.05) is 0 Å². The van der Waals surface area contributed by atoms with Crippen LogP contribution in [-0.4, -0.2) is 31.5 Å². The Hall–Kier alpha value is -0.420. The van der Waals surface area contributed by atoms with Crippen LogP contribution in [0.1, 0.15) is 4.88 Å². The van der Waals surface area contributed by atoms with Crippen molar-refractivity contribution >= 4 is 11.3 Å². The summed E-state index contributed by atoms with van der Waals surface area (Å²) in [7, 11) is 0. The molecule has 0 atom stereocenters. The normalized spacial score (nSPS) is 10.5. The fraction of sp³-hybridized carbons (Fsp3) is 0.556. The Labute approximate surface area is 82.4 Å². The Balaban J connectivity index is 1.90. The third-order valence-electron chi connectivity index (χ3n) is 1.63. The number of ether oxygens (including phenoxy) is 1. The zero-order valence-electron chi connectivity index (χ0n) is 7.61. The summed E-state index contributed by atoms with van der Waals surface area (Å²) in [5.74, 6) is 0. The number of nitrogens with two attached hydrogens (primary N) is 1. The second kappa shape index (κ2) is 7.03. The molecule has 3 nitrogen and oxygen atoms in total. The molecule has 1 rings (SSSR count). The van der Waals surface area contributed by atoms with E-state index in [9.17, 15) is 0 Å². The van der Waals surface area contributed by atoms with Gasteiger partial charge in [-0.05, 0) is 11.4 Å². The van der Waals surface area contributed by atoms with Gasteiger partial charge in [-0.25, -0.2) is 0 Å². The highest BCUT2D eigenvalue weighted by Crippen LogP contribution is 2.05. The van der Waals surface area contributed by atoms with E-state index >= 15 is 0 Å². The number of hydrogen-bond acceptors (Lipinski definition) is 3. The third-order valence-corrected chi connectivity index (χ3v) is 2.53. The predicted molar refractivity (Wildman–Crippen MR) is 52.7 cm³/mol. The summed E-state index contributed by atoms with van der Waals surface area (Å²) in [6.45, 7) is 3.27. The van der Waals surface area contributed by atoms with Gasteiger partial charge < -0.3 is 15.2 Å². The Morgan fingerprint density at radius 2 is 2.38 bits per heavy atom. The predicted octanol–water partition coefficient (Wildman–Crippen LogP) is -0.180. The lowest BCUT2D eigenvalue weighted by Gasteiger charge is -2.00. The molecule has 1 aromatic heterocycles. The summed E-state index contributed by atoms with van der Waals surface area (Å²) in [6.07, 6.45) is 0. The molecule has 0 aliphatic rings. The topological polar surface area (TPSA) is 46.1 Å². The van der Waals surface area contributed by atoms with Crippen LogP contribution in [0.5, 0.6) is 0 Å². The summed E-state index contributed by atoms with van der Waals surface area (Å²) in [5, 5.41) is 12.7. The number of hydrogen-bond donors (Lipinski definition) is 2. The van der Waals surface area contributed by atoms with Crippen LogP contribution in [-0.2, 0) is 11.3 Å². The van der Waals surface area contributed by atoms with E-state index in [4.69, 9.17) is 9.84 Å². The van der Waals surface area contributed by atoms with Crippen LogP contribution in [0.3, 0.4) is 0 Å². The Bertz CT molecular complexity index is 201. The molecule has 0 spiro atoms. The van der Waals surface area contributed by atoms with Gasteiger partial charge in [0.25, 0.3) is 0 Å². The lowest BCUT2D eigenvalue weighted by atomic mass is 10.4. The lowest BCUT2D eigenvalue weighted by molar-refractivity contribution is -0.671. The first-order chi connectivity index (χ1) is 6.43. The molecule has 0 fully saturated rings. The van der Waals surface area contributed by atoms with Gasteiger partial charge in [0.1, 0.15) is 6.54 Å². The second-order valence-electron chi connectivity index (χ2n) is 2.70. The highest BCUT2D eigenvalue weighted by atomic mass is 32.1. The number of aliphatic hydroxyl groups is 1. The van der Waals surface area contributed by atoms with Crippen LogP contribution in [0.25, 0.3) is 0 Å². The molecule has 1 aromatic rings. The third kappa shape index (κ3) is 5.00. The van der Waals surface area contributed by atoms with Gasteiger partial charge in [0.2, 0.25) is 0 Å². The van der Waals surface area contributed by atoms with Crippen molar-refractivity contribution in [2.24, 2.45) is 0 Å². The van der Waals surface area contributed by atoms with E-state index in [0.717, 1.165) is 13.1 Å². The van der Waals surface area contributed by atoms with Gasteiger partial charge in [-0.3, -0.25) is 0 Å². The molecule has 0 aromatic carbocycles. The van der Waals surface area contributed by atoms with Crippen LogP contribution < -0.4 is 5.32 Å². The first-order valence-corrected chi connectivity index (χ1v) is 5.34. The first kappa shape index (κ1) is 10.7. The lowest BCUT2D eigenvalue weighted by Crippen LogP contribution is -2.83. The number of aliphatic hydroxyl groups excluding tert-OH is 1. The average molecular weight is 202 g/mol. The van der Waals surface area contributed by atoms with Crippen molar-refractivity contribution in [3.05, 3.63) is 22.4 Å². The zero-order valence-corrected chi connectivity index (χ0v) is 8.43. The van der Waals surface area contributed by atoms with Gasteiger partial charge in [-0.2, -0.15) is 0 Å². The molecule has 0 saturated carbocycles. The average Bonchev–Trinajstić information content (AvgIpc) is 2.63. The highest BCUT2D eigenvalue weighted by Gasteiger charge is 1.95. The van der Waals surface area contributed by atoms with E-state index < -0.39 is 0 Å². The number of quaternary nitrogens is 1. The second-order valence-corrected chi connectivity index (χ2v) is 3.73. The molecule has 4 heteroatoms. The number of rotatable bonds is 7. The molecule has 0 aliphatic carbocycles. The fourth-order valence-electron chi connectivity index (χ4n) is 1.01. The maximum Gasteiger partial charge on any atom is 0.111 e. The minimum Gasteiger partial charge on any atom is -0.394 e. The monoisotopic (exact) mass is 202 g/mol. The number of thiophene rings is 1.